The molecule has 0 aromatic heterocycles. The van der Waals surface area contributed by atoms with Crippen LogP contribution in [0.4, 0.5) is 10.1 Å². The van der Waals surface area contributed by atoms with Crippen LogP contribution in [0.1, 0.15) is 108 Å². The van der Waals surface area contributed by atoms with Crippen molar-refractivity contribution in [1.29, 1.82) is 5.26 Å². The smallest absolute Gasteiger partial charge is 0.240 e. The van der Waals surface area contributed by atoms with Gasteiger partial charge >= 0.3 is 0 Å². The third-order valence-electron chi connectivity index (χ3n) is 14.2. The Morgan fingerprint density at radius 3 is 2.24 bits per heavy atom. The second kappa shape index (κ2) is 25.0. The summed E-state index contributed by atoms with van der Waals surface area (Å²) in [6.07, 6.45) is 6.19. The first-order valence-electron chi connectivity index (χ1n) is 25.9. The van der Waals surface area contributed by atoms with Gasteiger partial charge in [0.1, 0.15) is 46.0 Å². The summed E-state index contributed by atoms with van der Waals surface area (Å²) in [4.78, 5) is 16.0. The summed E-state index contributed by atoms with van der Waals surface area (Å²) in [5, 5.41) is 13.9. The van der Waals surface area contributed by atoms with Gasteiger partial charge in [-0.05, 0) is 158 Å². The second-order valence-corrected chi connectivity index (χ2v) is 22.0. The molecule has 0 fully saturated rings. The first kappa shape index (κ1) is 55.7. The highest BCUT2D eigenvalue weighted by Gasteiger charge is 2.41. The van der Waals surface area contributed by atoms with E-state index in [2.05, 4.69) is 65.2 Å². The molecule has 0 saturated carbocycles. The average Bonchev–Trinajstić information content (AvgIpc) is 3.76. The zero-order valence-corrected chi connectivity index (χ0v) is 44.8. The number of benzene rings is 5. The van der Waals surface area contributed by atoms with Crippen molar-refractivity contribution < 1.29 is 39.7 Å². The Hall–Kier alpha value is -6.00. The number of nitrogens with one attached hydrogen (secondary N) is 2. The minimum absolute atomic E-state index is 0.0553. The fourth-order valence-corrected chi connectivity index (χ4v) is 12.0. The number of ether oxygens (including phenoxy) is 1. The predicted octanol–water partition coefficient (Wildman–Crippen LogP) is 9.09. The van der Waals surface area contributed by atoms with Gasteiger partial charge in [-0.3, -0.25) is 4.79 Å². The maximum atomic E-state index is 13.9. The number of nitriles is 1. The van der Waals surface area contributed by atoms with Gasteiger partial charge in [0.25, 0.3) is 0 Å². The Bertz CT molecular complexity index is 3240. The van der Waals surface area contributed by atoms with E-state index in [-0.39, 0.29) is 28.7 Å². The maximum absolute atomic E-state index is 13.9. The van der Waals surface area contributed by atoms with Crippen molar-refractivity contribution >= 4 is 42.7 Å². The number of halogens is 1. The van der Waals surface area contributed by atoms with Crippen LogP contribution >= 0.6 is 0 Å². The molecule has 0 unspecified atom stereocenters. The van der Waals surface area contributed by atoms with Gasteiger partial charge in [-0.1, -0.05) is 37.1 Å². The van der Waals surface area contributed by atoms with Gasteiger partial charge in [0.2, 0.25) is 21.3 Å². The number of amides is 1. The van der Waals surface area contributed by atoms with Gasteiger partial charge in [-0.2, -0.15) is 5.26 Å². The SMILES string of the molecule is CCN(CC)c1ccc2c(-c3ccc(S(=O)(=O)NCCCCCC(=O)NCCCCCN(C)CCC[C@@]4(c5ccc(F)cc5)OCc5cc(C#N)ccc54)cc3S(=O)(=O)[O-])c3ccc(=[N+](CC)CC)cc-3oc2c1. The highest BCUT2D eigenvalue weighted by Crippen LogP contribution is 2.46. The normalized spacial score (nSPS) is 14.6. The van der Waals surface area contributed by atoms with Crippen LogP contribution in [0.2, 0.25) is 0 Å². The van der Waals surface area contributed by atoms with E-state index < -0.39 is 30.6 Å². The molecule has 7 rings (SSSR count). The van der Waals surface area contributed by atoms with Crippen LogP contribution in [0.25, 0.3) is 33.4 Å². The lowest BCUT2D eigenvalue weighted by molar-refractivity contribution is -0.121. The molecule has 4 aromatic rings. The summed E-state index contributed by atoms with van der Waals surface area (Å²) in [7, 11) is -7.32. The molecular formula is C57H69FN6O8S2. The molecule has 1 amide bonds. The Labute approximate surface area is 436 Å². The van der Waals surface area contributed by atoms with E-state index in [1.165, 1.54) is 24.3 Å². The number of rotatable bonds is 26. The zero-order valence-electron chi connectivity index (χ0n) is 43.2. The van der Waals surface area contributed by atoms with E-state index in [0.717, 1.165) is 98.8 Å². The number of hydrogen-bond donors (Lipinski definition) is 2. The minimum Gasteiger partial charge on any atom is -0.744 e. The summed E-state index contributed by atoms with van der Waals surface area (Å²) in [6, 6.07) is 29.3. The molecule has 2 N–H and O–H groups in total. The van der Waals surface area contributed by atoms with Gasteiger partial charge < -0.3 is 28.8 Å². The maximum Gasteiger partial charge on any atom is 0.240 e. The summed E-state index contributed by atoms with van der Waals surface area (Å²) in [5.74, 6) is 0.115. The van der Waals surface area contributed by atoms with E-state index in [1.807, 2.05) is 54.6 Å². The number of unbranched alkanes of at least 4 members (excludes halogenated alkanes) is 4. The monoisotopic (exact) mass is 1050 g/mol. The summed E-state index contributed by atoms with van der Waals surface area (Å²) >= 11 is 0. The molecule has 394 valence electrons. The standard InChI is InChI=1S/C57H69FN6O8S2/c1-6-63(7-2)45-23-26-48-52(36-45)72-53-37-46(64(8-3)9-4)24-27-49(53)56(48)50-28-25-47(38-54(50)74(68,69)70)73(66,67)61-32-14-10-12-17-55(65)60-31-13-11-15-33-62(5)34-16-30-57(43-19-21-44(58)22-20-43)51-29-18-41(39-59)35-42(51)40-71-57/h18-29,35-38,61H,6-17,30-34,40H2,1-5H3,(H-,60,65,68,69,70)/t57-/m0/s1. The Kier molecular flexibility index (Phi) is 18.8. The third-order valence-corrected chi connectivity index (χ3v) is 16.5. The van der Waals surface area contributed by atoms with Gasteiger partial charge in [0, 0.05) is 72.5 Å². The number of hydrogen-bond acceptors (Lipinski definition) is 11. The lowest BCUT2D eigenvalue weighted by Gasteiger charge is -2.31. The summed E-state index contributed by atoms with van der Waals surface area (Å²) in [5.41, 5.74) is 5.26. The van der Waals surface area contributed by atoms with Crippen LogP contribution in [0.15, 0.2) is 111 Å². The number of anilines is 1. The quantitative estimate of drug-likeness (QED) is 0.0228. The molecule has 0 radical (unpaired) electrons. The van der Waals surface area contributed by atoms with Crippen molar-refractivity contribution in [2.45, 2.75) is 107 Å². The molecule has 2 heterocycles. The lowest BCUT2D eigenvalue weighted by atomic mass is 9.81. The number of nitrogens with zero attached hydrogens (tertiary/aromatic N) is 4. The van der Waals surface area contributed by atoms with Crippen LogP contribution in [0, 0.1) is 17.1 Å². The molecule has 4 aromatic carbocycles. The van der Waals surface area contributed by atoms with Crippen molar-refractivity contribution in [3.05, 3.63) is 130 Å². The number of sulfonamides is 1. The highest BCUT2D eigenvalue weighted by atomic mass is 32.2. The molecular weight excluding hydrogens is 980 g/mol. The molecule has 74 heavy (non-hydrogen) atoms. The third kappa shape index (κ3) is 13.1. The Balaban J connectivity index is 0.871. The average molecular weight is 1050 g/mol. The van der Waals surface area contributed by atoms with Crippen molar-refractivity contribution in [1.82, 2.24) is 19.5 Å². The summed E-state index contributed by atoms with van der Waals surface area (Å²) < 4.78 is 97.8. The van der Waals surface area contributed by atoms with Gasteiger partial charge in [-0.15, -0.1) is 0 Å². The van der Waals surface area contributed by atoms with Crippen LogP contribution in [-0.4, -0.2) is 91.6 Å². The molecule has 1 atom stereocenters. The molecule has 0 saturated heterocycles. The second-order valence-electron chi connectivity index (χ2n) is 18.9. The minimum atomic E-state index is -5.19. The van der Waals surface area contributed by atoms with Crippen LogP contribution in [-0.2, 0) is 41.9 Å². The summed E-state index contributed by atoms with van der Waals surface area (Å²) in [6.45, 7) is 14.0. The van der Waals surface area contributed by atoms with Crippen molar-refractivity contribution in [3.63, 3.8) is 0 Å². The highest BCUT2D eigenvalue weighted by molar-refractivity contribution is 7.89. The fraction of sp³-hybridized carbons (Fsp3) is 0.421. The van der Waals surface area contributed by atoms with E-state index in [1.54, 1.807) is 12.1 Å². The van der Waals surface area contributed by atoms with Gasteiger partial charge in [-0.25, -0.2) is 30.5 Å². The van der Waals surface area contributed by atoms with E-state index in [9.17, 15) is 35.8 Å². The van der Waals surface area contributed by atoms with E-state index in [4.69, 9.17) is 9.15 Å². The van der Waals surface area contributed by atoms with Crippen molar-refractivity contribution in [2.24, 2.45) is 0 Å². The number of carbonyl (C=O) groups is 1. The van der Waals surface area contributed by atoms with E-state index in [0.29, 0.717) is 78.7 Å². The predicted molar refractivity (Wildman–Crippen MR) is 287 cm³/mol. The van der Waals surface area contributed by atoms with Crippen molar-refractivity contribution in [2.75, 3.05) is 64.3 Å². The number of carbonyl (C=O) groups excluding carboxylic acids is 1. The molecule has 0 bridgehead atoms. The van der Waals surface area contributed by atoms with Crippen LogP contribution < -0.4 is 24.9 Å². The molecule has 17 heteroatoms. The van der Waals surface area contributed by atoms with Crippen molar-refractivity contribution in [3.8, 4) is 28.5 Å². The van der Waals surface area contributed by atoms with Gasteiger partial charge in [0.15, 0.2) is 0 Å². The first-order valence-corrected chi connectivity index (χ1v) is 28.8. The number of fused-ring (bicyclic) bond motifs is 3. The first-order chi connectivity index (χ1) is 35.5. The molecule has 1 aliphatic carbocycles. The largest absolute Gasteiger partial charge is 0.744 e. The van der Waals surface area contributed by atoms with E-state index >= 15 is 0 Å². The Morgan fingerprint density at radius 1 is 0.811 bits per heavy atom. The molecule has 3 aliphatic rings. The zero-order chi connectivity index (χ0) is 53.0. The molecule has 14 nitrogen and oxygen atoms in total. The topological polar surface area (TPSA) is 188 Å². The Morgan fingerprint density at radius 2 is 1.53 bits per heavy atom. The molecule has 2 aliphatic heterocycles. The molecule has 0 spiro atoms. The fourth-order valence-electron chi connectivity index (χ4n) is 10.2. The van der Waals surface area contributed by atoms with Crippen LogP contribution in [0.5, 0.6) is 0 Å². The lowest BCUT2D eigenvalue weighted by Crippen LogP contribution is -2.29. The van der Waals surface area contributed by atoms with Crippen LogP contribution in [0.3, 0.4) is 0 Å². The van der Waals surface area contributed by atoms with Gasteiger partial charge in [0.05, 0.1) is 34.1 Å².